The van der Waals surface area contributed by atoms with Crippen molar-refractivity contribution in [1.82, 2.24) is 9.97 Å². The Morgan fingerprint density at radius 2 is 2.26 bits per heavy atom. The summed E-state index contributed by atoms with van der Waals surface area (Å²) >= 11 is 0. The normalized spacial score (nSPS) is 23.7. The first kappa shape index (κ1) is 14.0. The van der Waals surface area contributed by atoms with Crippen molar-refractivity contribution in [2.24, 2.45) is 5.92 Å². The SMILES string of the molecule is CC(C)Nc1cc(N2CC[C@@H](CO)[C@@H](O)C2)ncn1. The van der Waals surface area contributed by atoms with Crippen LogP contribution < -0.4 is 10.2 Å². The summed E-state index contributed by atoms with van der Waals surface area (Å²) in [6.07, 6.45) is 1.80. The van der Waals surface area contributed by atoms with Gasteiger partial charge >= 0.3 is 0 Å². The number of nitrogens with one attached hydrogen (secondary N) is 1. The van der Waals surface area contributed by atoms with E-state index in [4.69, 9.17) is 5.11 Å². The number of rotatable bonds is 4. The van der Waals surface area contributed by atoms with Crippen molar-refractivity contribution < 1.29 is 10.2 Å². The van der Waals surface area contributed by atoms with Gasteiger partial charge in [-0.2, -0.15) is 0 Å². The highest BCUT2D eigenvalue weighted by Crippen LogP contribution is 2.23. The highest BCUT2D eigenvalue weighted by molar-refractivity contribution is 5.49. The molecule has 2 atom stereocenters. The molecule has 0 unspecified atom stereocenters. The lowest BCUT2D eigenvalue weighted by atomic mass is 9.95. The predicted octanol–water partition coefficient (Wildman–Crippen LogP) is 0.476. The van der Waals surface area contributed by atoms with Gasteiger partial charge in [-0.15, -0.1) is 0 Å². The summed E-state index contributed by atoms with van der Waals surface area (Å²) in [4.78, 5) is 10.5. The molecule has 2 heterocycles. The number of nitrogens with zero attached hydrogens (tertiary/aromatic N) is 3. The summed E-state index contributed by atoms with van der Waals surface area (Å²) in [6, 6.07) is 2.21. The molecule has 1 fully saturated rings. The second kappa shape index (κ2) is 6.16. The second-order valence-corrected chi connectivity index (χ2v) is 5.31. The summed E-state index contributed by atoms with van der Waals surface area (Å²) in [6.45, 7) is 5.44. The highest BCUT2D eigenvalue weighted by atomic mass is 16.3. The number of β-amino-alcohol motifs (C(OH)–C–C–N with tert-alkyl or cyclic N) is 1. The molecule has 0 aliphatic carbocycles. The molecule has 0 spiro atoms. The van der Waals surface area contributed by atoms with Crippen LogP contribution in [0.25, 0.3) is 0 Å². The Hall–Kier alpha value is -1.40. The van der Waals surface area contributed by atoms with Crippen LogP contribution in [0, 0.1) is 5.92 Å². The lowest BCUT2D eigenvalue weighted by Gasteiger charge is -2.35. The third-order valence-electron chi connectivity index (χ3n) is 3.37. The molecule has 6 heteroatoms. The van der Waals surface area contributed by atoms with Gasteiger partial charge in [-0.25, -0.2) is 9.97 Å². The largest absolute Gasteiger partial charge is 0.396 e. The quantitative estimate of drug-likeness (QED) is 0.735. The van der Waals surface area contributed by atoms with Crippen molar-refractivity contribution in [2.75, 3.05) is 29.9 Å². The van der Waals surface area contributed by atoms with Crippen LogP contribution in [0.2, 0.25) is 0 Å². The van der Waals surface area contributed by atoms with Crippen LogP contribution in [0.15, 0.2) is 12.4 Å². The maximum Gasteiger partial charge on any atom is 0.134 e. The first-order valence-corrected chi connectivity index (χ1v) is 6.72. The minimum absolute atomic E-state index is 0.0219. The summed E-state index contributed by atoms with van der Waals surface area (Å²) < 4.78 is 0. The first-order valence-electron chi connectivity index (χ1n) is 6.72. The van der Waals surface area contributed by atoms with E-state index in [1.165, 1.54) is 6.33 Å². The Bertz CT molecular complexity index is 413. The lowest BCUT2D eigenvalue weighted by molar-refractivity contribution is 0.0546. The van der Waals surface area contributed by atoms with Gasteiger partial charge in [0.1, 0.15) is 18.0 Å². The Balaban J connectivity index is 2.06. The van der Waals surface area contributed by atoms with E-state index < -0.39 is 6.10 Å². The standard InChI is InChI=1S/C13H22N4O2/c1-9(2)16-12-5-13(15-8-14-12)17-4-3-10(7-18)11(19)6-17/h5,8-11,18-19H,3-4,6-7H2,1-2H3,(H,14,15,16)/t10-,11-/m0/s1. The fourth-order valence-corrected chi connectivity index (χ4v) is 2.30. The number of anilines is 2. The molecule has 1 aromatic heterocycles. The van der Waals surface area contributed by atoms with E-state index in [0.29, 0.717) is 12.6 Å². The third-order valence-corrected chi connectivity index (χ3v) is 3.37. The predicted molar refractivity (Wildman–Crippen MR) is 74.2 cm³/mol. The monoisotopic (exact) mass is 266 g/mol. The van der Waals surface area contributed by atoms with Crippen molar-refractivity contribution in [3.8, 4) is 0 Å². The van der Waals surface area contributed by atoms with Gasteiger partial charge in [-0.3, -0.25) is 0 Å². The maximum atomic E-state index is 9.95. The Morgan fingerprint density at radius 1 is 1.47 bits per heavy atom. The molecule has 106 valence electrons. The topological polar surface area (TPSA) is 81.5 Å². The van der Waals surface area contributed by atoms with Gasteiger partial charge in [-0.1, -0.05) is 0 Å². The molecule has 0 bridgehead atoms. The number of aliphatic hydroxyl groups is 2. The zero-order valence-corrected chi connectivity index (χ0v) is 11.5. The van der Waals surface area contributed by atoms with Gasteiger partial charge in [-0.05, 0) is 20.3 Å². The zero-order chi connectivity index (χ0) is 13.8. The number of hydrogen-bond donors (Lipinski definition) is 3. The van der Waals surface area contributed by atoms with Crippen LogP contribution in [0.1, 0.15) is 20.3 Å². The van der Waals surface area contributed by atoms with Gasteiger partial charge in [0, 0.05) is 37.7 Å². The molecule has 0 amide bonds. The molecule has 1 aliphatic heterocycles. The van der Waals surface area contributed by atoms with E-state index in [0.717, 1.165) is 24.6 Å². The summed E-state index contributed by atoms with van der Waals surface area (Å²) in [5, 5.41) is 22.3. The second-order valence-electron chi connectivity index (χ2n) is 5.31. The van der Waals surface area contributed by atoms with E-state index in [1.807, 2.05) is 11.0 Å². The number of aliphatic hydroxyl groups excluding tert-OH is 2. The first-order chi connectivity index (χ1) is 9.10. The van der Waals surface area contributed by atoms with Crippen molar-refractivity contribution >= 4 is 11.6 Å². The molecule has 6 nitrogen and oxygen atoms in total. The summed E-state index contributed by atoms with van der Waals surface area (Å²) in [7, 11) is 0. The number of aromatic nitrogens is 2. The molecule has 1 aromatic rings. The van der Waals surface area contributed by atoms with Crippen LogP contribution in [-0.2, 0) is 0 Å². The van der Waals surface area contributed by atoms with Crippen molar-refractivity contribution in [2.45, 2.75) is 32.4 Å². The minimum Gasteiger partial charge on any atom is -0.396 e. The zero-order valence-electron chi connectivity index (χ0n) is 11.5. The van der Waals surface area contributed by atoms with Crippen LogP contribution in [0.3, 0.4) is 0 Å². The van der Waals surface area contributed by atoms with Crippen LogP contribution >= 0.6 is 0 Å². The molecular formula is C13H22N4O2. The van der Waals surface area contributed by atoms with Gasteiger partial charge in [0.25, 0.3) is 0 Å². The molecule has 0 aromatic carbocycles. The van der Waals surface area contributed by atoms with Crippen molar-refractivity contribution in [1.29, 1.82) is 0 Å². The van der Waals surface area contributed by atoms with Crippen LogP contribution in [0.4, 0.5) is 11.6 Å². The van der Waals surface area contributed by atoms with E-state index in [2.05, 4.69) is 29.1 Å². The van der Waals surface area contributed by atoms with Crippen LogP contribution in [0.5, 0.6) is 0 Å². The van der Waals surface area contributed by atoms with Crippen LogP contribution in [-0.4, -0.2) is 52.0 Å². The summed E-state index contributed by atoms with van der Waals surface area (Å²) in [5.74, 6) is 1.58. The Labute approximate surface area is 113 Å². The fourth-order valence-electron chi connectivity index (χ4n) is 2.30. The van der Waals surface area contributed by atoms with Gasteiger partial charge in [0.05, 0.1) is 6.10 Å². The van der Waals surface area contributed by atoms with Gasteiger partial charge < -0.3 is 20.4 Å². The molecule has 19 heavy (non-hydrogen) atoms. The maximum absolute atomic E-state index is 9.95. The fraction of sp³-hybridized carbons (Fsp3) is 0.692. The molecule has 0 radical (unpaired) electrons. The smallest absolute Gasteiger partial charge is 0.134 e. The van der Waals surface area contributed by atoms with Crippen molar-refractivity contribution in [3.63, 3.8) is 0 Å². The Morgan fingerprint density at radius 3 is 2.89 bits per heavy atom. The van der Waals surface area contributed by atoms with E-state index in [9.17, 15) is 5.11 Å². The van der Waals surface area contributed by atoms with E-state index in [-0.39, 0.29) is 12.5 Å². The highest BCUT2D eigenvalue weighted by Gasteiger charge is 2.27. The molecule has 3 N–H and O–H groups in total. The molecule has 0 saturated carbocycles. The van der Waals surface area contributed by atoms with E-state index >= 15 is 0 Å². The average molecular weight is 266 g/mol. The summed E-state index contributed by atoms with van der Waals surface area (Å²) in [5.41, 5.74) is 0. The van der Waals surface area contributed by atoms with E-state index in [1.54, 1.807) is 0 Å². The number of piperidine rings is 1. The lowest BCUT2D eigenvalue weighted by Crippen LogP contribution is -2.45. The molecule has 2 rings (SSSR count). The molecule has 1 saturated heterocycles. The molecular weight excluding hydrogens is 244 g/mol. The minimum atomic E-state index is -0.504. The van der Waals surface area contributed by atoms with Gasteiger partial charge in [0.2, 0.25) is 0 Å². The third kappa shape index (κ3) is 3.54. The molecule has 1 aliphatic rings. The average Bonchev–Trinajstić information content (AvgIpc) is 2.38. The van der Waals surface area contributed by atoms with Crippen molar-refractivity contribution in [3.05, 3.63) is 12.4 Å². The Kier molecular flexibility index (Phi) is 4.55. The van der Waals surface area contributed by atoms with Gasteiger partial charge in [0.15, 0.2) is 0 Å². The number of hydrogen-bond acceptors (Lipinski definition) is 6.